The largest absolute Gasteiger partial charge is 0.322 e. The Labute approximate surface area is 154 Å². The van der Waals surface area contributed by atoms with E-state index in [4.69, 9.17) is 0 Å². The molecule has 2 N–H and O–H groups in total. The number of amides is 2. The summed E-state index contributed by atoms with van der Waals surface area (Å²) in [6.45, 7) is 5.30. The lowest BCUT2D eigenvalue weighted by molar-refractivity contribution is -0.862. The lowest BCUT2D eigenvalue weighted by Crippen LogP contribution is -3.11. The van der Waals surface area contributed by atoms with Crippen molar-refractivity contribution in [3.8, 4) is 0 Å². The van der Waals surface area contributed by atoms with Gasteiger partial charge in [0.15, 0.2) is 13.1 Å². The number of aryl methyl sites for hydroxylation is 1. The van der Waals surface area contributed by atoms with E-state index in [9.17, 15) is 9.59 Å². The highest BCUT2D eigenvalue weighted by molar-refractivity contribution is 5.96. The van der Waals surface area contributed by atoms with Gasteiger partial charge in [-0.1, -0.05) is 30.3 Å². The summed E-state index contributed by atoms with van der Waals surface area (Å²) >= 11 is 0. The number of para-hydroxylation sites is 1. The van der Waals surface area contributed by atoms with Crippen LogP contribution in [-0.4, -0.2) is 38.5 Å². The first-order chi connectivity index (χ1) is 12.5. The second-order valence-electron chi connectivity index (χ2n) is 7.03. The fourth-order valence-electron chi connectivity index (χ4n) is 3.37. The summed E-state index contributed by atoms with van der Waals surface area (Å²) in [6.07, 6.45) is 0.897. The van der Waals surface area contributed by atoms with Gasteiger partial charge in [0.25, 0.3) is 11.8 Å². The summed E-state index contributed by atoms with van der Waals surface area (Å²) in [6, 6.07) is 13.9. The van der Waals surface area contributed by atoms with Crippen LogP contribution in [-0.2, 0) is 16.0 Å². The average molecular weight is 352 g/mol. The Morgan fingerprint density at radius 3 is 2.65 bits per heavy atom. The summed E-state index contributed by atoms with van der Waals surface area (Å²) < 4.78 is 0. The monoisotopic (exact) mass is 352 g/mol. The van der Waals surface area contributed by atoms with E-state index < -0.39 is 0 Å². The quantitative estimate of drug-likeness (QED) is 0.853. The number of hydrogen-bond donors (Lipinski definition) is 2. The van der Waals surface area contributed by atoms with Gasteiger partial charge in [0.2, 0.25) is 0 Å². The molecular formula is C21H26N3O2+. The van der Waals surface area contributed by atoms with Gasteiger partial charge in [-0.15, -0.1) is 0 Å². The summed E-state index contributed by atoms with van der Waals surface area (Å²) in [4.78, 5) is 27.7. The zero-order valence-electron chi connectivity index (χ0n) is 15.6. The minimum atomic E-state index is -0.0779. The van der Waals surface area contributed by atoms with Crippen LogP contribution < -0.4 is 15.1 Å². The molecule has 1 unspecified atom stereocenters. The molecule has 0 bridgehead atoms. The van der Waals surface area contributed by atoms with E-state index >= 15 is 0 Å². The van der Waals surface area contributed by atoms with E-state index in [-0.39, 0.29) is 18.4 Å². The maximum atomic E-state index is 12.6. The zero-order valence-corrected chi connectivity index (χ0v) is 15.6. The predicted octanol–water partition coefficient (Wildman–Crippen LogP) is 1.35. The number of rotatable bonds is 5. The van der Waals surface area contributed by atoms with Gasteiger partial charge >= 0.3 is 0 Å². The maximum Gasteiger partial charge on any atom is 0.282 e. The van der Waals surface area contributed by atoms with Gasteiger partial charge < -0.3 is 15.1 Å². The van der Waals surface area contributed by atoms with Crippen molar-refractivity contribution < 1.29 is 14.5 Å². The van der Waals surface area contributed by atoms with Crippen molar-refractivity contribution in [1.29, 1.82) is 0 Å². The van der Waals surface area contributed by atoms with Crippen LogP contribution in [0, 0.1) is 13.8 Å². The maximum absolute atomic E-state index is 12.6. The van der Waals surface area contributed by atoms with Crippen LogP contribution in [0.3, 0.4) is 0 Å². The first-order valence-electron chi connectivity index (χ1n) is 9.01. The fraction of sp³-hybridized carbons (Fsp3) is 0.333. The van der Waals surface area contributed by atoms with E-state index in [2.05, 4.69) is 11.4 Å². The van der Waals surface area contributed by atoms with Crippen LogP contribution in [0.1, 0.15) is 16.7 Å². The minimum absolute atomic E-state index is 0.0620. The number of anilines is 2. The first-order valence-corrected chi connectivity index (χ1v) is 9.01. The molecule has 136 valence electrons. The Hall–Kier alpha value is -2.66. The van der Waals surface area contributed by atoms with E-state index in [1.807, 2.05) is 62.2 Å². The molecule has 2 amide bonds. The molecule has 0 radical (unpaired) electrons. The van der Waals surface area contributed by atoms with Crippen molar-refractivity contribution in [3.63, 3.8) is 0 Å². The molecule has 0 saturated carbocycles. The van der Waals surface area contributed by atoms with Gasteiger partial charge in [0.05, 0.1) is 7.05 Å². The van der Waals surface area contributed by atoms with Gasteiger partial charge in [-0.05, 0) is 49.1 Å². The third-order valence-corrected chi connectivity index (χ3v) is 4.98. The molecular weight excluding hydrogens is 326 g/mol. The number of fused-ring (bicyclic) bond motifs is 1. The molecule has 1 atom stereocenters. The molecule has 0 aliphatic carbocycles. The number of benzene rings is 2. The van der Waals surface area contributed by atoms with E-state index in [1.165, 1.54) is 5.56 Å². The van der Waals surface area contributed by atoms with Crippen LogP contribution in [0.4, 0.5) is 11.4 Å². The molecule has 0 spiro atoms. The van der Waals surface area contributed by atoms with Crippen molar-refractivity contribution in [2.45, 2.75) is 20.3 Å². The molecule has 2 aromatic rings. The summed E-state index contributed by atoms with van der Waals surface area (Å²) in [5.74, 6) is -0.0159. The second-order valence-corrected chi connectivity index (χ2v) is 7.03. The number of quaternary nitrogens is 1. The van der Waals surface area contributed by atoms with Crippen molar-refractivity contribution in [2.24, 2.45) is 0 Å². The summed E-state index contributed by atoms with van der Waals surface area (Å²) in [5.41, 5.74) is 5.27. The normalized spacial score (nSPS) is 14.0. The highest BCUT2D eigenvalue weighted by Gasteiger charge is 2.26. The third kappa shape index (κ3) is 3.94. The van der Waals surface area contributed by atoms with Gasteiger partial charge in [-0.25, -0.2) is 0 Å². The van der Waals surface area contributed by atoms with Crippen molar-refractivity contribution in [2.75, 3.05) is 36.9 Å². The smallest absolute Gasteiger partial charge is 0.282 e. The summed E-state index contributed by atoms with van der Waals surface area (Å²) in [7, 11) is 1.88. The third-order valence-electron chi connectivity index (χ3n) is 4.98. The van der Waals surface area contributed by atoms with Crippen LogP contribution >= 0.6 is 0 Å². The molecule has 1 aliphatic rings. The van der Waals surface area contributed by atoms with E-state index in [0.29, 0.717) is 6.54 Å². The van der Waals surface area contributed by atoms with E-state index in [0.717, 1.165) is 40.4 Å². The van der Waals surface area contributed by atoms with Gasteiger partial charge in [-0.3, -0.25) is 9.59 Å². The Balaban J connectivity index is 1.55. The van der Waals surface area contributed by atoms with Crippen LogP contribution in [0.2, 0.25) is 0 Å². The molecule has 2 aromatic carbocycles. The molecule has 5 heteroatoms. The molecule has 1 aliphatic heterocycles. The van der Waals surface area contributed by atoms with E-state index in [1.54, 1.807) is 0 Å². The molecule has 0 fully saturated rings. The van der Waals surface area contributed by atoms with Crippen molar-refractivity contribution >= 4 is 23.2 Å². The van der Waals surface area contributed by atoms with Crippen LogP contribution in [0.5, 0.6) is 0 Å². The first kappa shape index (κ1) is 18.1. The lowest BCUT2D eigenvalue weighted by Gasteiger charge is -2.20. The van der Waals surface area contributed by atoms with Crippen molar-refractivity contribution in [1.82, 2.24) is 0 Å². The van der Waals surface area contributed by atoms with Gasteiger partial charge in [0.1, 0.15) is 0 Å². The highest BCUT2D eigenvalue weighted by Crippen LogP contribution is 2.27. The molecule has 0 saturated heterocycles. The molecule has 1 heterocycles. The average Bonchev–Trinajstić information content (AvgIpc) is 3.03. The molecule has 5 nitrogen and oxygen atoms in total. The predicted molar refractivity (Wildman–Crippen MR) is 104 cm³/mol. The minimum Gasteiger partial charge on any atom is -0.322 e. The topological polar surface area (TPSA) is 53.9 Å². The van der Waals surface area contributed by atoms with Gasteiger partial charge in [-0.2, -0.15) is 0 Å². The standard InChI is InChI=1S/C21H25N3O2/c1-15-7-6-9-18(16(15)2)22-20(25)13-23(3)14-21(26)24-12-11-17-8-4-5-10-19(17)24/h4-10H,11-14H2,1-3H3,(H,22,25)/p+1. The Morgan fingerprint density at radius 1 is 1.08 bits per heavy atom. The zero-order chi connectivity index (χ0) is 18.7. The van der Waals surface area contributed by atoms with Crippen LogP contribution in [0.25, 0.3) is 0 Å². The Bertz CT molecular complexity index is 832. The number of likely N-dealkylation sites (N-methyl/N-ethyl adjacent to an activating group) is 1. The van der Waals surface area contributed by atoms with Crippen LogP contribution in [0.15, 0.2) is 42.5 Å². The SMILES string of the molecule is Cc1cccc(NC(=O)C[NH+](C)CC(=O)N2CCc3ccccc32)c1C. The molecule has 26 heavy (non-hydrogen) atoms. The Kier molecular flexibility index (Phi) is 5.38. The number of nitrogens with zero attached hydrogens (tertiary/aromatic N) is 1. The number of carbonyl (C=O) groups excluding carboxylic acids is 2. The van der Waals surface area contributed by atoms with Crippen molar-refractivity contribution in [3.05, 3.63) is 59.2 Å². The Morgan fingerprint density at radius 2 is 1.85 bits per heavy atom. The van der Waals surface area contributed by atoms with Gasteiger partial charge in [0, 0.05) is 17.9 Å². The number of hydrogen-bond acceptors (Lipinski definition) is 2. The fourth-order valence-corrected chi connectivity index (χ4v) is 3.37. The number of nitrogens with one attached hydrogen (secondary N) is 2. The highest BCUT2D eigenvalue weighted by atomic mass is 16.2. The second kappa shape index (κ2) is 7.70. The molecule has 3 rings (SSSR count). The molecule has 0 aromatic heterocycles. The lowest BCUT2D eigenvalue weighted by atomic mass is 10.1. The summed E-state index contributed by atoms with van der Waals surface area (Å²) in [5, 5.41) is 2.96. The number of carbonyl (C=O) groups is 2.